The SMILES string of the molecule is CS(=O)(=O)O[C@@]1(Cn2cnc3c(N)ncnc32)CC[C@H]1COCc1ccccc1. The van der Waals surface area contributed by atoms with Crippen LogP contribution in [0.4, 0.5) is 5.82 Å². The summed E-state index contributed by atoms with van der Waals surface area (Å²) in [4.78, 5) is 12.4. The Kier molecular flexibility index (Phi) is 5.24. The van der Waals surface area contributed by atoms with Gasteiger partial charge in [-0.2, -0.15) is 8.42 Å². The maximum atomic E-state index is 12.0. The third-order valence-electron chi connectivity index (χ3n) is 5.28. The first-order valence-electron chi connectivity index (χ1n) is 9.30. The summed E-state index contributed by atoms with van der Waals surface area (Å²) in [5.74, 6) is 0.209. The fourth-order valence-corrected chi connectivity index (χ4v) is 4.62. The topological polar surface area (TPSA) is 122 Å². The summed E-state index contributed by atoms with van der Waals surface area (Å²) in [5.41, 5.74) is 7.05. The fraction of sp³-hybridized carbons (Fsp3) is 0.421. The second-order valence-electron chi connectivity index (χ2n) is 7.39. The third-order valence-corrected chi connectivity index (χ3v) is 5.91. The lowest BCUT2D eigenvalue weighted by Crippen LogP contribution is -2.55. The van der Waals surface area contributed by atoms with Crippen molar-refractivity contribution in [3.05, 3.63) is 48.5 Å². The molecular weight excluding hydrogens is 394 g/mol. The van der Waals surface area contributed by atoms with Crippen LogP contribution in [-0.2, 0) is 32.2 Å². The molecule has 0 spiro atoms. The molecule has 2 N–H and O–H groups in total. The van der Waals surface area contributed by atoms with Gasteiger partial charge in [0.1, 0.15) is 17.4 Å². The molecule has 0 unspecified atom stereocenters. The molecule has 2 heterocycles. The van der Waals surface area contributed by atoms with E-state index < -0.39 is 15.7 Å². The lowest BCUT2D eigenvalue weighted by molar-refractivity contribution is -0.110. The number of nitrogens with two attached hydrogens (primary N) is 1. The zero-order valence-electron chi connectivity index (χ0n) is 16.1. The van der Waals surface area contributed by atoms with E-state index in [4.69, 9.17) is 14.7 Å². The van der Waals surface area contributed by atoms with Crippen LogP contribution in [0, 0.1) is 5.92 Å². The van der Waals surface area contributed by atoms with Crippen LogP contribution in [-0.4, -0.2) is 46.4 Å². The van der Waals surface area contributed by atoms with E-state index in [1.54, 1.807) is 10.9 Å². The summed E-state index contributed by atoms with van der Waals surface area (Å²) < 4.78 is 37.2. The minimum Gasteiger partial charge on any atom is -0.382 e. The average Bonchev–Trinajstić information content (AvgIpc) is 3.08. The van der Waals surface area contributed by atoms with Crippen molar-refractivity contribution in [1.29, 1.82) is 0 Å². The van der Waals surface area contributed by atoms with E-state index in [9.17, 15) is 8.42 Å². The van der Waals surface area contributed by atoms with E-state index in [-0.39, 0.29) is 18.3 Å². The maximum Gasteiger partial charge on any atom is 0.264 e. The Morgan fingerprint density at radius 1 is 1.24 bits per heavy atom. The van der Waals surface area contributed by atoms with Gasteiger partial charge in [0.05, 0.1) is 32.3 Å². The number of ether oxygens (including phenoxy) is 1. The van der Waals surface area contributed by atoms with E-state index in [0.29, 0.717) is 30.8 Å². The number of hydrogen-bond acceptors (Lipinski definition) is 8. The smallest absolute Gasteiger partial charge is 0.264 e. The molecule has 1 aromatic carbocycles. The summed E-state index contributed by atoms with van der Waals surface area (Å²) in [7, 11) is -3.66. The minimum atomic E-state index is -3.66. The Hall–Kier alpha value is -2.56. The number of aromatic nitrogens is 4. The summed E-state index contributed by atoms with van der Waals surface area (Å²) in [6.45, 7) is 1.14. The molecule has 0 saturated heterocycles. The van der Waals surface area contributed by atoms with Crippen LogP contribution in [0.2, 0.25) is 0 Å². The molecular formula is C19H23N5O4S. The molecule has 2 aromatic heterocycles. The summed E-state index contributed by atoms with van der Waals surface area (Å²) in [6, 6.07) is 9.84. The van der Waals surface area contributed by atoms with Crippen LogP contribution in [0.1, 0.15) is 18.4 Å². The molecule has 9 nitrogen and oxygen atoms in total. The number of anilines is 1. The highest BCUT2D eigenvalue weighted by atomic mass is 32.2. The van der Waals surface area contributed by atoms with Gasteiger partial charge in [0.25, 0.3) is 10.1 Å². The van der Waals surface area contributed by atoms with Gasteiger partial charge in [-0.25, -0.2) is 15.0 Å². The molecule has 3 aromatic rings. The lowest BCUT2D eigenvalue weighted by Gasteiger charge is -2.48. The normalized spacial score (nSPS) is 21.9. The van der Waals surface area contributed by atoms with Gasteiger partial charge in [-0.15, -0.1) is 0 Å². The van der Waals surface area contributed by atoms with Crippen LogP contribution in [0.3, 0.4) is 0 Å². The molecule has 29 heavy (non-hydrogen) atoms. The van der Waals surface area contributed by atoms with Crippen molar-refractivity contribution in [3.8, 4) is 0 Å². The number of benzene rings is 1. The molecule has 1 fully saturated rings. The zero-order chi connectivity index (χ0) is 20.5. The Morgan fingerprint density at radius 2 is 2.03 bits per heavy atom. The third kappa shape index (κ3) is 4.24. The number of fused-ring (bicyclic) bond motifs is 1. The Morgan fingerprint density at radius 3 is 2.72 bits per heavy atom. The van der Waals surface area contributed by atoms with Crippen molar-refractivity contribution in [2.45, 2.75) is 31.6 Å². The lowest BCUT2D eigenvalue weighted by atomic mass is 9.69. The zero-order valence-corrected chi connectivity index (χ0v) is 16.9. The van der Waals surface area contributed by atoms with Gasteiger partial charge >= 0.3 is 0 Å². The highest BCUT2D eigenvalue weighted by Gasteiger charge is 2.51. The first-order chi connectivity index (χ1) is 13.9. The van der Waals surface area contributed by atoms with Gasteiger partial charge in [0, 0.05) is 5.92 Å². The predicted octanol–water partition coefficient (Wildman–Crippen LogP) is 1.75. The molecule has 0 radical (unpaired) electrons. The summed E-state index contributed by atoms with van der Waals surface area (Å²) in [6.07, 6.45) is 5.43. The molecule has 2 atom stereocenters. The number of nitrogens with zero attached hydrogens (tertiary/aromatic N) is 4. The number of imidazole rings is 1. The molecule has 0 amide bonds. The summed E-state index contributed by atoms with van der Waals surface area (Å²) in [5, 5.41) is 0. The predicted molar refractivity (Wildman–Crippen MR) is 107 cm³/mol. The fourth-order valence-electron chi connectivity index (χ4n) is 3.75. The molecule has 4 rings (SSSR count). The van der Waals surface area contributed by atoms with Crippen molar-refractivity contribution < 1.29 is 17.3 Å². The van der Waals surface area contributed by atoms with Gasteiger partial charge in [-0.05, 0) is 18.4 Å². The van der Waals surface area contributed by atoms with Gasteiger partial charge < -0.3 is 15.0 Å². The molecule has 0 bridgehead atoms. The van der Waals surface area contributed by atoms with Crippen LogP contribution >= 0.6 is 0 Å². The van der Waals surface area contributed by atoms with Crippen molar-refractivity contribution in [3.63, 3.8) is 0 Å². The number of hydrogen-bond donors (Lipinski definition) is 1. The maximum absolute atomic E-state index is 12.0. The molecule has 154 valence electrons. The average molecular weight is 417 g/mol. The van der Waals surface area contributed by atoms with Gasteiger partial charge in [0.15, 0.2) is 11.5 Å². The van der Waals surface area contributed by atoms with E-state index >= 15 is 0 Å². The van der Waals surface area contributed by atoms with Crippen LogP contribution in [0.25, 0.3) is 11.2 Å². The van der Waals surface area contributed by atoms with Crippen LogP contribution in [0.15, 0.2) is 43.0 Å². The molecule has 10 heteroatoms. The second-order valence-corrected chi connectivity index (χ2v) is 8.97. The summed E-state index contributed by atoms with van der Waals surface area (Å²) >= 11 is 0. The number of nitrogen functional groups attached to an aromatic ring is 1. The first kappa shape index (κ1) is 19.7. The van der Waals surface area contributed by atoms with Crippen molar-refractivity contribution in [2.24, 2.45) is 5.92 Å². The second kappa shape index (κ2) is 7.69. The first-order valence-corrected chi connectivity index (χ1v) is 11.1. The molecule has 1 aliphatic carbocycles. The van der Waals surface area contributed by atoms with Crippen molar-refractivity contribution in [1.82, 2.24) is 19.5 Å². The minimum absolute atomic E-state index is 0.0717. The van der Waals surface area contributed by atoms with Gasteiger partial charge in [-0.3, -0.25) is 4.18 Å². The Balaban J connectivity index is 1.53. The quantitative estimate of drug-likeness (QED) is 0.550. The van der Waals surface area contributed by atoms with E-state index in [1.165, 1.54) is 6.33 Å². The molecule has 1 aliphatic rings. The van der Waals surface area contributed by atoms with Crippen LogP contribution < -0.4 is 5.73 Å². The monoisotopic (exact) mass is 417 g/mol. The highest BCUT2D eigenvalue weighted by Crippen LogP contribution is 2.45. The van der Waals surface area contributed by atoms with Crippen LogP contribution in [0.5, 0.6) is 0 Å². The number of rotatable bonds is 8. The van der Waals surface area contributed by atoms with Gasteiger partial charge in [-0.1, -0.05) is 30.3 Å². The standard InChI is InChI=1S/C19H23N5O4S/c1-29(25,26)28-19(11-24-13-23-16-17(20)21-12-22-18(16)24)8-7-15(19)10-27-9-14-5-3-2-4-6-14/h2-6,12-13,15H,7-11H2,1H3,(H2,20,21,22)/t15-,19+/m0/s1. The van der Waals surface area contributed by atoms with Gasteiger partial charge in [0.2, 0.25) is 0 Å². The highest BCUT2D eigenvalue weighted by molar-refractivity contribution is 7.86. The molecule has 0 aliphatic heterocycles. The Labute approximate surface area is 169 Å². The van der Waals surface area contributed by atoms with E-state index in [0.717, 1.165) is 18.2 Å². The molecule has 1 saturated carbocycles. The largest absolute Gasteiger partial charge is 0.382 e. The van der Waals surface area contributed by atoms with Crippen molar-refractivity contribution >= 4 is 27.1 Å². The van der Waals surface area contributed by atoms with E-state index in [2.05, 4.69) is 15.0 Å². The van der Waals surface area contributed by atoms with Crippen molar-refractivity contribution in [2.75, 3.05) is 18.6 Å². The van der Waals surface area contributed by atoms with E-state index in [1.807, 2.05) is 30.3 Å². The Bertz CT molecular complexity index is 1100.